The summed E-state index contributed by atoms with van der Waals surface area (Å²) >= 11 is 1.87. The van der Waals surface area contributed by atoms with Gasteiger partial charge in [0, 0.05) is 22.5 Å². The minimum atomic E-state index is 0.0795. The maximum atomic E-state index is 11.9. The van der Waals surface area contributed by atoms with Crippen LogP contribution < -0.4 is 0 Å². The van der Waals surface area contributed by atoms with Crippen molar-refractivity contribution in [2.75, 3.05) is 0 Å². The van der Waals surface area contributed by atoms with Crippen LogP contribution in [0.5, 0.6) is 0 Å². The van der Waals surface area contributed by atoms with Gasteiger partial charge in [0.15, 0.2) is 5.78 Å². The summed E-state index contributed by atoms with van der Waals surface area (Å²) < 4.78 is 0.0795. The van der Waals surface area contributed by atoms with E-state index in [9.17, 15) is 4.79 Å². The molecular formula is C12H14OS. The highest BCUT2D eigenvalue weighted by Gasteiger charge is 2.28. The number of benzene rings is 1. The van der Waals surface area contributed by atoms with Gasteiger partial charge in [-0.2, -0.15) is 11.8 Å². The number of carbonyl (C=O) groups is 1. The van der Waals surface area contributed by atoms with Crippen LogP contribution in [0, 0.1) is 0 Å². The van der Waals surface area contributed by atoms with Crippen molar-refractivity contribution < 1.29 is 4.79 Å². The van der Waals surface area contributed by atoms with Gasteiger partial charge in [-0.15, -0.1) is 0 Å². The van der Waals surface area contributed by atoms with Gasteiger partial charge < -0.3 is 0 Å². The van der Waals surface area contributed by atoms with Crippen molar-refractivity contribution in [2.45, 2.75) is 30.8 Å². The van der Waals surface area contributed by atoms with Crippen LogP contribution in [0.1, 0.15) is 36.2 Å². The number of fused-ring (bicyclic) bond motifs is 1. The van der Waals surface area contributed by atoms with E-state index < -0.39 is 0 Å². The normalized spacial score (nSPS) is 20.0. The predicted octanol–water partition coefficient (Wildman–Crippen LogP) is 3.28. The number of hydrogen-bond donors (Lipinski definition) is 0. The fourth-order valence-electron chi connectivity index (χ4n) is 1.72. The molecule has 74 valence electrons. The Morgan fingerprint density at radius 2 is 2.00 bits per heavy atom. The molecule has 0 saturated carbocycles. The molecule has 0 radical (unpaired) electrons. The first-order chi connectivity index (χ1) is 6.58. The molecule has 0 N–H and O–H groups in total. The van der Waals surface area contributed by atoms with E-state index in [1.165, 1.54) is 5.56 Å². The molecule has 0 spiro atoms. The van der Waals surface area contributed by atoms with Gasteiger partial charge in [0.25, 0.3) is 0 Å². The van der Waals surface area contributed by atoms with E-state index in [4.69, 9.17) is 0 Å². The fraction of sp³-hybridized carbons (Fsp3) is 0.417. The average Bonchev–Trinajstić information content (AvgIpc) is 2.24. The Balaban J connectivity index is 2.41. The summed E-state index contributed by atoms with van der Waals surface area (Å²) in [6.45, 7) is 4.28. The molecule has 0 fully saturated rings. The van der Waals surface area contributed by atoms with Gasteiger partial charge in [-0.25, -0.2) is 0 Å². The largest absolute Gasteiger partial charge is 0.294 e. The zero-order valence-corrected chi connectivity index (χ0v) is 9.36. The fourth-order valence-corrected chi connectivity index (χ4v) is 2.76. The van der Waals surface area contributed by atoms with Crippen molar-refractivity contribution in [3.63, 3.8) is 0 Å². The third-order valence-corrected chi connectivity index (χ3v) is 3.90. The van der Waals surface area contributed by atoms with E-state index in [0.29, 0.717) is 6.42 Å². The van der Waals surface area contributed by atoms with Crippen LogP contribution in [0.25, 0.3) is 0 Å². The number of carbonyl (C=O) groups excluding carboxylic acids is 1. The first kappa shape index (κ1) is 9.78. The zero-order valence-electron chi connectivity index (χ0n) is 8.54. The van der Waals surface area contributed by atoms with E-state index in [2.05, 4.69) is 19.9 Å². The third-order valence-electron chi connectivity index (χ3n) is 2.52. The van der Waals surface area contributed by atoms with Crippen LogP contribution in [-0.4, -0.2) is 10.5 Å². The highest BCUT2D eigenvalue weighted by molar-refractivity contribution is 7.99. The summed E-state index contributed by atoms with van der Waals surface area (Å²) in [5.41, 5.74) is 2.11. The molecule has 0 amide bonds. The van der Waals surface area contributed by atoms with Gasteiger partial charge >= 0.3 is 0 Å². The SMILES string of the molecule is CC1(C)CC(=O)c2ccccc2CS1. The van der Waals surface area contributed by atoms with Gasteiger partial charge in [0.2, 0.25) is 0 Å². The predicted molar refractivity (Wildman–Crippen MR) is 60.8 cm³/mol. The molecule has 2 heteroatoms. The molecule has 1 heterocycles. The second-order valence-electron chi connectivity index (χ2n) is 4.31. The number of Topliss-reactive ketones (excluding diaryl/α,β-unsaturated/α-hetero) is 1. The van der Waals surface area contributed by atoms with Crippen molar-refractivity contribution >= 4 is 17.5 Å². The molecule has 1 nitrogen and oxygen atoms in total. The molecule has 0 bridgehead atoms. The maximum Gasteiger partial charge on any atom is 0.164 e. The lowest BCUT2D eigenvalue weighted by Crippen LogP contribution is -2.17. The molecule has 1 aromatic rings. The van der Waals surface area contributed by atoms with Crippen molar-refractivity contribution in [1.82, 2.24) is 0 Å². The minimum absolute atomic E-state index is 0.0795. The lowest BCUT2D eigenvalue weighted by molar-refractivity contribution is 0.0974. The molecule has 0 saturated heterocycles. The highest BCUT2D eigenvalue weighted by Crippen LogP contribution is 2.36. The summed E-state index contributed by atoms with van der Waals surface area (Å²) in [5.74, 6) is 1.24. The summed E-state index contributed by atoms with van der Waals surface area (Å²) in [6.07, 6.45) is 0.648. The van der Waals surface area contributed by atoms with Crippen LogP contribution >= 0.6 is 11.8 Å². The zero-order chi connectivity index (χ0) is 10.2. The van der Waals surface area contributed by atoms with E-state index >= 15 is 0 Å². The van der Waals surface area contributed by atoms with Crippen LogP contribution in [0.3, 0.4) is 0 Å². The molecule has 0 atom stereocenters. The second kappa shape index (κ2) is 3.43. The van der Waals surface area contributed by atoms with Crippen LogP contribution in [0.15, 0.2) is 24.3 Å². The lowest BCUT2D eigenvalue weighted by Gasteiger charge is -2.19. The Morgan fingerprint density at radius 3 is 2.79 bits per heavy atom. The van der Waals surface area contributed by atoms with Crippen molar-refractivity contribution in [3.05, 3.63) is 35.4 Å². The maximum absolute atomic E-state index is 11.9. The van der Waals surface area contributed by atoms with E-state index in [1.807, 2.05) is 30.0 Å². The number of hydrogen-bond acceptors (Lipinski definition) is 2. The van der Waals surface area contributed by atoms with Crippen molar-refractivity contribution in [3.8, 4) is 0 Å². The van der Waals surface area contributed by atoms with E-state index in [1.54, 1.807) is 0 Å². The molecule has 0 unspecified atom stereocenters. The molecule has 2 rings (SSSR count). The summed E-state index contributed by atoms with van der Waals surface area (Å²) in [6, 6.07) is 7.95. The van der Waals surface area contributed by atoms with Crippen LogP contribution in [0.2, 0.25) is 0 Å². The Hall–Kier alpha value is -0.760. The molecular weight excluding hydrogens is 192 g/mol. The van der Waals surface area contributed by atoms with Crippen LogP contribution in [0.4, 0.5) is 0 Å². The first-order valence-corrected chi connectivity index (χ1v) is 5.82. The highest BCUT2D eigenvalue weighted by atomic mass is 32.2. The smallest absolute Gasteiger partial charge is 0.164 e. The molecule has 0 aromatic heterocycles. The number of thioether (sulfide) groups is 1. The first-order valence-electron chi connectivity index (χ1n) is 4.83. The number of ketones is 1. The number of rotatable bonds is 0. The summed E-state index contributed by atoms with van der Waals surface area (Å²) in [4.78, 5) is 11.9. The second-order valence-corrected chi connectivity index (χ2v) is 5.99. The van der Waals surface area contributed by atoms with Crippen molar-refractivity contribution in [2.24, 2.45) is 0 Å². The standard InChI is InChI=1S/C12H14OS/c1-12(2)7-11(13)10-6-4-3-5-9(10)8-14-12/h3-6H,7-8H2,1-2H3. The third kappa shape index (κ3) is 1.85. The Labute approximate surface area is 88.9 Å². The quantitative estimate of drug-likeness (QED) is 0.648. The lowest BCUT2D eigenvalue weighted by atomic mass is 9.98. The van der Waals surface area contributed by atoms with Crippen LogP contribution in [-0.2, 0) is 5.75 Å². The molecule has 14 heavy (non-hydrogen) atoms. The Kier molecular flexibility index (Phi) is 2.40. The van der Waals surface area contributed by atoms with E-state index in [-0.39, 0.29) is 10.5 Å². The van der Waals surface area contributed by atoms with Gasteiger partial charge in [-0.3, -0.25) is 4.79 Å². The van der Waals surface area contributed by atoms with E-state index in [0.717, 1.165) is 11.3 Å². The summed E-state index contributed by atoms with van der Waals surface area (Å²) in [5, 5.41) is 0. The molecule has 1 aliphatic rings. The van der Waals surface area contributed by atoms with Gasteiger partial charge in [0.05, 0.1) is 0 Å². The molecule has 1 aliphatic heterocycles. The molecule has 0 aliphatic carbocycles. The van der Waals surface area contributed by atoms with Gasteiger partial charge in [0.1, 0.15) is 0 Å². The Bertz CT molecular complexity index is 368. The minimum Gasteiger partial charge on any atom is -0.294 e. The van der Waals surface area contributed by atoms with Crippen molar-refractivity contribution in [1.29, 1.82) is 0 Å². The average molecular weight is 206 g/mol. The Morgan fingerprint density at radius 1 is 1.29 bits per heavy atom. The van der Waals surface area contributed by atoms with Gasteiger partial charge in [-0.1, -0.05) is 38.1 Å². The topological polar surface area (TPSA) is 17.1 Å². The summed E-state index contributed by atoms with van der Waals surface area (Å²) in [7, 11) is 0. The molecule has 1 aromatic carbocycles. The van der Waals surface area contributed by atoms with Gasteiger partial charge in [-0.05, 0) is 5.56 Å². The monoisotopic (exact) mass is 206 g/mol.